The van der Waals surface area contributed by atoms with Gasteiger partial charge in [0.1, 0.15) is 0 Å². The summed E-state index contributed by atoms with van der Waals surface area (Å²) in [6.45, 7) is 2.42. The third-order valence-electron chi connectivity index (χ3n) is 4.20. The maximum absolute atomic E-state index is 12.4. The number of benzene rings is 2. The highest BCUT2D eigenvalue weighted by atomic mass is 16.5. The minimum atomic E-state index is -0.566. The predicted molar refractivity (Wildman–Crippen MR) is 109 cm³/mol. The average Bonchev–Trinajstić information content (AvgIpc) is 2.71. The molecule has 6 heteroatoms. The smallest absolute Gasteiger partial charge is 0.255 e. The second-order valence-corrected chi connectivity index (χ2v) is 6.36. The normalized spacial score (nSPS) is 10.7. The van der Waals surface area contributed by atoms with E-state index in [0.717, 1.165) is 17.5 Å². The van der Waals surface area contributed by atoms with Gasteiger partial charge in [0.05, 0.1) is 7.11 Å². The maximum atomic E-state index is 12.4. The van der Waals surface area contributed by atoms with Gasteiger partial charge in [-0.3, -0.25) is 9.59 Å². The SMILES string of the molecule is CCc1ccc(CN(C)C(=O)/C=C/c2ccc(OCC(N)=O)c(OC)c2)cc1. The minimum Gasteiger partial charge on any atom is -0.493 e. The molecule has 2 N–H and O–H groups in total. The van der Waals surface area contributed by atoms with Crippen LogP contribution in [0.3, 0.4) is 0 Å². The number of nitrogens with two attached hydrogens (primary N) is 1. The molecule has 2 amide bonds. The van der Waals surface area contributed by atoms with Crippen molar-refractivity contribution in [1.82, 2.24) is 4.90 Å². The molecule has 0 aliphatic rings. The highest BCUT2D eigenvalue weighted by molar-refractivity contribution is 5.91. The Morgan fingerprint density at radius 2 is 1.75 bits per heavy atom. The summed E-state index contributed by atoms with van der Waals surface area (Å²) in [5.74, 6) is 0.203. The summed E-state index contributed by atoms with van der Waals surface area (Å²) in [5, 5.41) is 0. The van der Waals surface area contributed by atoms with Crippen LogP contribution in [0, 0.1) is 0 Å². The molecule has 0 unspecified atom stereocenters. The lowest BCUT2D eigenvalue weighted by Gasteiger charge is -2.15. The molecule has 0 atom stereocenters. The van der Waals surface area contributed by atoms with Gasteiger partial charge in [-0.2, -0.15) is 0 Å². The van der Waals surface area contributed by atoms with Gasteiger partial charge in [0.2, 0.25) is 5.91 Å². The van der Waals surface area contributed by atoms with Gasteiger partial charge in [0.25, 0.3) is 5.91 Å². The van der Waals surface area contributed by atoms with Crippen molar-refractivity contribution in [3.05, 3.63) is 65.2 Å². The third kappa shape index (κ3) is 6.16. The summed E-state index contributed by atoms with van der Waals surface area (Å²) in [4.78, 5) is 24.9. The Labute approximate surface area is 165 Å². The fraction of sp³-hybridized carbons (Fsp3) is 0.273. The van der Waals surface area contributed by atoms with Crippen LogP contribution in [0.4, 0.5) is 0 Å². The van der Waals surface area contributed by atoms with E-state index in [-0.39, 0.29) is 12.5 Å². The van der Waals surface area contributed by atoms with E-state index < -0.39 is 5.91 Å². The van der Waals surface area contributed by atoms with Crippen molar-refractivity contribution in [3.63, 3.8) is 0 Å². The maximum Gasteiger partial charge on any atom is 0.255 e. The van der Waals surface area contributed by atoms with E-state index in [1.54, 1.807) is 36.2 Å². The zero-order chi connectivity index (χ0) is 20.5. The van der Waals surface area contributed by atoms with Gasteiger partial charge in [0.15, 0.2) is 18.1 Å². The number of primary amides is 1. The Kier molecular flexibility index (Phi) is 7.63. The summed E-state index contributed by atoms with van der Waals surface area (Å²) < 4.78 is 10.6. The lowest BCUT2D eigenvalue weighted by Crippen LogP contribution is -2.24. The summed E-state index contributed by atoms with van der Waals surface area (Å²) in [6, 6.07) is 13.4. The van der Waals surface area contributed by atoms with Crippen molar-refractivity contribution < 1.29 is 19.1 Å². The Morgan fingerprint density at radius 3 is 2.36 bits per heavy atom. The molecule has 148 valence electrons. The van der Waals surface area contributed by atoms with E-state index >= 15 is 0 Å². The monoisotopic (exact) mass is 382 g/mol. The van der Waals surface area contributed by atoms with Crippen LogP contribution in [-0.2, 0) is 22.6 Å². The molecule has 0 aliphatic heterocycles. The Bertz CT molecular complexity index is 844. The van der Waals surface area contributed by atoms with E-state index in [4.69, 9.17) is 15.2 Å². The van der Waals surface area contributed by atoms with E-state index in [0.29, 0.717) is 18.0 Å². The molecule has 0 saturated carbocycles. The summed E-state index contributed by atoms with van der Waals surface area (Å²) in [7, 11) is 3.27. The van der Waals surface area contributed by atoms with Crippen molar-refractivity contribution in [1.29, 1.82) is 0 Å². The summed E-state index contributed by atoms with van der Waals surface area (Å²) >= 11 is 0. The molecule has 2 aromatic rings. The number of ether oxygens (including phenoxy) is 2. The lowest BCUT2D eigenvalue weighted by molar-refractivity contribution is -0.125. The highest BCUT2D eigenvalue weighted by Crippen LogP contribution is 2.28. The highest BCUT2D eigenvalue weighted by Gasteiger charge is 2.08. The molecule has 0 spiro atoms. The van der Waals surface area contributed by atoms with Gasteiger partial charge in [-0.05, 0) is 41.3 Å². The Balaban J connectivity index is 2.00. The number of carbonyl (C=O) groups excluding carboxylic acids is 2. The first kappa shape index (κ1) is 21.0. The number of hydrogen-bond acceptors (Lipinski definition) is 4. The first-order valence-corrected chi connectivity index (χ1v) is 9.03. The zero-order valence-corrected chi connectivity index (χ0v) is 16.5. The summed E-state index contributed by atoms with van der Waals surface area (Å²) in [5.41, 5.74) is 8.21. The average molecular weight is 382 g/mol. The van der Waals surface area contributed by atoms with Crippen molar-refractivity contribution in [2.45, 2.75) is 19.9 Å². The molecule has 2 aromatic carbocycles. The topological polar surface area (TPSA) is 81.9 Å². The van der Waals surface area contributed by atoms with Gasteiger partial charge in [0, 0.05) is 19.7 Å². The standard InChI is InChI=1S/C22H26N2O4/c1-4-16-5-7-18(8-6-16)14-24(2)22(26)12-10-17-9-11-19(20(13-17)27-3)28-15-21(23)25/h5-13H,4,14-15H2,1-3H3,(H2,23,25)/b12-10+. The van der Waals surface area contributed by atoms with Crippen LogP contribution in [0.25, 0.3) is 6.08 Å². The molecule has 0 aromatic heterocycles. The van der Waals surface area contributed by atoms with Crippen LogP contribution in [0.1, 0.15) is 23.6 Å². The number of likely N-dealkylation sites (N-methyl/N-ethyl adjacent to an activating group) is 1. The van der Waals surface area contributed by atoms with Gasteiger partial charge in [-0.1, -0.05) is 37.3 Å². The van der Waals surface area contributed by atoms with Crippen molar-refractivity contribution >= 4 is 17.9 Å². The lowest BCUT2D eigenvalue weighted by atomic mass is 10.1. The summed E-state index contributed by atoms with van der Waals surface area (Å²) in [6.07, 6.45) is 4.21. The predicted octanol–water partition coefficient (Wildman–Crippen LogP) is 2.79. The molecular formula is C22H26N2O4. The van der Waals surface area contributed by atoms with Crippen LogP contribution >= 0.6 is 0 Å². The van der Waals surface area contributed by atoms with Gasteiger partial charge in [-0.15, -0.1) is 0 Å². The van der Waals surface area contributed by atoms with Crippen LogP contribution in [-0.4, -0.2) is 37.5 Å². The van der Waals surface area contributed by atoms with Crippen molar-refractivity contribution in [2.24, 2.45) is 5.73 Å². The Hall–Kier alpha value is -3.28. The largest absolute Gasteiger partial charge is 0.493 e. The Morgan fingerprint density at radius 1 is 1.07 bits per heavy atom. The molecule has 0 radical (unpaired) electrons. The van der Waals surface area contributed by atoms with E-state index in [9.17, 15) is 9.59 Å². The molecule has 0 heterocycles. The van der Waals surface area contributed by atoms with Crippen LogP contribution < -0.4 is 15.2 Å². The van der Waals surface area contributed by atoms with E-state index in [1.807, 2.05) is 12.1 Å². The zero-order valence-electron chi connectivity index (χ0n) is 16.5. The molecule has 0 saturated heterocycles. The van der Waals surface area contributed by atoms with Crippen LogP contribution in [0.5, 0.6) is 11.5 Å². The van der Waals surface area contributed by atoms with Gasteiger partial charge < -0.3 is 20.1 Å². The third-order valence-corrected chi connectivity index (χ3v) is 4.20. The number of hydrogen-bond donors (Lipinski definition) is 1. The number of amides is 2. The second kappa shape index (κ2) is 10.2. The van der Waals surface area contributed by atoms with Crippen LogP contribution in [0.2, 0.25) is 0 Å². The number of aryl methyl sites for hydroxylation is 1. The number of rotatable bonds is 9. The quantitative estimate of drug-likeness (QED) is 0.676. The molecule has 6 nitrogen and oxygen atoms in total. The number of carbonyl (C=O) groups is 2. The fourth-order valence-electron chi connectivity index (χ4n) is 2.58. The number of methoxy groups -OCH3 is 1. The van der Waals surface area contributed by atoms with E-state index in [1.165, 1.54) is 18.7 Å². The molecule has 28 heavy (non-hydrogen) atoms. The van der Waals surface area contributed by atoms with Crippen LogP contribution in [0.15, 0.2) is 48.5 Å². The van der Waals surface area contributed by atoms with Crippen molar-refractivity contribution in [2.75, 3.05) is 20.8 Å². The molecule has 0 aliphatic carbocycles. The van der Waals surface area contributed by atoms with E-state index in [2.05, 4.69) is 19.1 Å². The molecule has 0 fully saturated rings. The number of nitrogens with zero attached hydrogens (tertiary/aromatic N) is 1. The van der Waals surface area contributed by atoms with Crippen molar-refractivity contribution in [3.8, 4) is 11.5 Å². The first-order valence-electron chi connectivity index (χ1n) is 9.03. The first-order chi connectivity index (χ1) is 13.4. The minimum absolute atomic E-state index is 0.104. The molecular weight excluding hydrogens is 356 g/mol. The fourth-order valence-corrected chi connectivity index (χ4v) is 2.58. The molecule has 2 rings (SSSR count). The van der Waals surface area contributed by atoms with Gasteiger partial charge in [-0.25, -0.2) is 0 Å². The molecule has 0 bridgehead atoms. The van der Waals surface area contributed by atoms with Gasteiger partial charge >= 0.3 is 0 Å². The second-order valence-electron chi connectivity index (χ2n) is 6.36.